The molecule has 0 fully saturated rings. The van der Waals surface area contributed by atoms with Crippen molar-refractivity contribution in [2.45, 2.75) is 25.8 Å². The van der Waals surface area contributed by atoms with Crippen molar-refractivity contribution < 1.29 is 9.18 Å². The van der Waals surface area contributed by atoms with Crippen LogP contribution < -0.4 is 5.56 Å². The number of hydrogen-bond acceptors (Lipinski definition) is 3. The van der Waals surface area contributed by atoms with Crippen LogP contribution in [0, 0.1) is 11.7 Å². The third kappa shape index (κ3) is 2.86. The first-order chi connectivity index (χ1) is 12.2. The molecule has 2 heterocycles. The van der Waals surface area contributed by atoms with Gasteiger partial charge in [-0.15, -0.1) is 0 Å². The zero-order chi connectivity index (χ0) is 17.4. The Morgan fingerprint density at radius 2 is 1.96 bits per heavy atom. The van der Waals surface area contributed by atoms with Crippen molar-refractivity contribution in [1.82, 2.24) is 9.55 Å². The smallest absolute Gasteiger partial charge is 0.261 e. The number of halogens is 1. The molecule has 1 aliphatic heterocycles. The predicted molar refractivity (Wildman–Crippen MR) is 93.9 cm³/mol. The Morgan fingerprint density at radius 3 is 2.76 bits per heavy atom. The summed E-state index contributed by atoms with van der Waals surface area (Å²) >= 11 is 0. The molecule has 25 heavy (non-hydrogen) atoms. The Balaban J connectivity index is 1.84. The van der Waals surface area contributed by atoms with Crippen LogP contribution in [0.4, 0.5) is 4.39 Å². The van der Waals surface area contributed by atoms with Gasteiger partial charge in [-0.05, 0) is 48.2 Å². The van der Waals surface area contributed by atoms with E-state index in [0.717, 1.165) is 23.2 Å². The molecular formula is C20H17FN2O2. The van der Waals surface area contributed by atoms with E-state index in [4.69, 9.17) is 0 Å². The molecule has 1 atom stereocenters. The summed E-state index contributed by atoms with van der Waals surface area (Å²) in [5.41, 5.74) is 2.11. The summed E-state index contributed by atoms with van der Waals surface area (Å²) in [5.74, 6) is 0.401. The Bertz CT molecular complexity index is 1030. The first kappa shape index (κ1) is 15.7. The maximum Gasteiger partial charge on any atom is 0.261 e. The van der Waals surface area contributed by atoms with E-state index in [1.807, 2.05) is 18.2 Å². The van der Waals surface area contributed by atoms with Gasteiger partial charge in [-0.1, -0.05) is 18.2 Å². The highest BCUT2D eigenvalue weighted by atomic mass is 19.1. The van der Waals surface area contributed by atoms with Crippen molar-refractivity contribution in [3.8, 4) is 11.1 Å². The van der Waals surface area contributed by atoms with Crippen LogP contribution in [-0.4, -0.2) is 15.8 Å². The van der Waals surface area contributed by atoms with Crippen LogP contribution in [0.25, 0.3) is 22.0 Å². The van der Waals surface area contributed by atoms with Gasteiger partial charge in [0.05, 0.1) is 10.9 Å². The first-order valence-electron chi connectivity index (χ1n) is 8.40. The zero-order valence-corrected chi connectivity index (χ0v) is 13.6. The van der Waals surface area contributed by atoms with E-state index in [1.165, 1.54) is 12.1 Å². The summed E-state index contributed by atoms with van der Waals surface area (Å²) < 4.78 is 15.2. The van der Waals surface area contributed by atoms with E-state index >= 15 is 0 Å². The molecule has 2 aromatic carbocycles. The lowest BCUT2D eigenvalue weighted by Crippen LogP contribution is -2.24. The highest BCUT2D eigenvalue weighted by Gasteiger charge is 2.19. The van der Waals surface area contributed by atoms with Crippen LogP contribution >= 0.6 is 0 Å². The van der Waals surface area contributed by atoms with E-state index in [0.29, 0.717) is 36.7 Å². The molecule has 0 saturated heterocycles. The van der Waals surface area contributed by atoms with Gasteiger partial charge in [0.25, 0.3) is 5.56 Å². The quantitative estimate of drug-likeness (QED) is 0.674. The van der Waals surface area contributed by atoms with Crippen molar-refractivity contribution in [2.24, 2.45) is 5.92 Å². The molecule has 1 aliphatic rings. The molecule has 0 spiro atoms. The molecule has 4 nitrogen and oxygen atoms in total. The minimum absolute atomic E-state index is 0.0212. The van der Waals surface area contributed by atoms with Crippen molar-refractivity contribution in [1.29, 1.82) is 0 Å². The SMILES string of the molecule is O=CC1CCc2nc3cc(-c4cccc(F)c4)ccc3c(=O)n2CC1. The highest BCUT2D eigenvalue weighted by Crippen LogP contribution is 2.24. The fraction of sp³-hybridized carbons (Fsp3) is 0.250. The van der Waals surface area contributed by atoms with Crippen molar-refractivity contribution >= 4 is 17.2 Å². The molecule has 0 radical (unpaired) electrons. The Kier molecular flexibility index (Phi) is 3.92. The van der Waals surface area contributed by atoms with Gasteiger partial charge >= 0.3 is 0 Å². The largest absolute Gasteiger partial charge is 0.303 e. The van der Waals surface area contributed by atoms with Gasteiger partial charge < -0.3 is 4.79 Å². The summed E-state index contributed by atoms with van der Waals surface area (Å²) in [4.78, 5) is 28.5. The maximum atomic E-state index is 13.5. The van der Waals surface area contributed by atoms with Crippen LogP contribution in [0.5, 0.6) is 0 Å². The summed E-state index contributed by atoms with van der Waals surface area (Å²) in [6.07, 6.45) is 2.97. The number of aromatic nitrogens is 2. The van der Waals surface area contributed by atoms with Crippen LogP contribution in [0.2, 0.25) is 0 Å². The lowest BCUT2D eigenvalue weighted by Gasteiger charge is -2.11. The molecule has 3 aromatic rings. The Labute approximate surface area is 143 Å². The number of hydrogen-bond donors (Lipinski definition) is 0. The van der Waals surface area contributed by atoms with E-state index in [-0.39, 0.29) is 17.3 Å². The van der Waals surface area contributed by atoms with Gasteiger partial charge in [-0.3, -0.25) is 9.36 Å². The molecule has 5 heteroatoms. The lowest BCUT2D eigenvalue weighted by molar-refractivity contribution is -0.111. The fourth-order valence-corrected chi connectivity index (χ4v) is 3.43. The molecule has 1 aromatic heterocycles. The molecular weight excluding hydrogens is 319 g/mol. The minimum Gasteiger partial charge on any atom is -0.303 e. The van der Waals surface area contributed by atoms with Crippen molar-refractivity contribution in [2.75, 3.05) is 0 Å². The molecule has 0 bridgehead atoms. The number of carbonyl (C=O) groups excluding carboxylic acids is 1. The van der Waals surface area contributed by atoms with Gasteiger partial charge in [0, 0.05) is 18.9 Å². The second kappa shape index (κ2) is 6.24. The van der Waals surface area contributed by atoms with Crippen molar-refractivity contribution in [3.05, 3.63) is 64.5 Å². The number of rotatable bonds is 2. The fourth-order valence-electron chi connectivity index (χ4n) is 3.43. The zero-order valence-electron chi connectivity index (χ0n) is 13.6. The molecule has 1 unspecified atom stereocenters. The minimum atomic E-state index is -0.299. The number of aldehydes is 1. The van der Waals surface area contributed by atoms with Crippen LogP contribution in [0.15, 0.2) is 47.3 Å². The van der Waals surface area contributed by atoms with Gasteiger partial charge in [-0.25, -0.2) is 9.37 Å². The summed E-state index contributed by atoms with van der Waals surface area (Å²) in [7, 11) is 0. The van der Waals surface area contributed by atoms with Crippen LogP contribution in [0.1, 0.15) is 18.7 Å². The van der Waals surface area contributed by atoms with Gasteiger partial charge in [-0.2, -0.15) is 0 Å². The average molecular weight is 336 g/mol. The normalized spacial score (nSPS) is 17.1. The topological polar surface area (TPSA) is 52.0 Å². The monoisotopic (exact) mass is 336 g/mol. The van der Waals surface area contributed by atoms with E-state index in [9.17, 15) is 14.0 Å². The number of fused-ring (bicyclic) bond motifs is 2. The average Bonchev–Trinajstić information content (AvgIpc) is 2.84. The Hall–Kier alpha value is -2.82. The lowest BCUT2D eigenvalue weighted by atomic mass is 10.0. The molecule has 0 aliphatic carbocycles. The van der Waals surface area contributed by atoms with E-state index < -0.39 is 0 Å². The molecule has 0 amide bonds. The number of benzene rings is 2. The van der Waals surface area contributed by atoms with Crippen LogP contribution in [-0.2, 0) is 17.8 Å². The number of nitrogens with zero attached hydrogens (tertiary/aromatic N) is 2. The predicted octanol–water partition coefficient (Wildman–Crippen LogP) is 3.35. The number of carbonyl (C=O) groups is 1. The first-order valence-corrected chi connectivity index (χ1v) is 8.40. The third-order valence-corrected chi connectivity index (χ3v) is 4.85. The van der Waals surface area contributed by atoms with Crippen molar-refractivity contribution in [3.63, 3.8) is 0 Å². The second-order valence-corrected chi connectivity index (χ2v) is 6.45. The van der Waals surface area contributed by atoms with Crippen LogP contribution in [0.3, 0.4) is 0 Å². The third-order valence-electron chi connectivity index (χ3n) is 4.85. The number of aryl methyl sites for hydroxylation is 1. The summed E-state index contributed by atoms with van der Waals surface area (Å²) in [6.45, 7) is 0.520. The summed E-state index contributed by atoms with van der Waals surface area (Å²) in [5, 5.41) is 0.549. The second-order valence-electron chi connectivity index (χ2n) is 6.45. The molecule has 4 rings (SSSR count). The highest BCUT2D eigenvalue weighted by molar-refractivity contribution is 5.83. The van der Waals surface area contributed by atoms with Gasteiger partial charge in [0.1, 0.15) is 17.9 Å². The molecule has 0 saturated carbocycles. The Morgan fingerprint density at radius 1 is 1.12 bits per heavy atom. The standard InChI is InChI=1S/C20H17FN2O2/c21-16-3-1-2-14(10-16)15-5-6-17-18(11-15)22-19-7-4-13(12-24)8-9-23(19)20(17)25/h1-3,5-6,10-13H,4,7-9H2. The molecule has 0 N–H and O–H groups in total. The maximum absolute atomic E-state index is 13.5. The van der Waals surface area contributed by atoms with E-state index in [2.05, 4.69) is 4.98 Å². The summed E-state index contributed by atoms with van der Waals surface area (Å²) in [6, 6.07) is 11.8. The van der Waals surface area contributed by atoms with Gasteiger partial charge in [0.2, 0.25) is 0 Å². The van der Waals surface area contributed by atoms with Gasteiger partial charge in [0.15, 0.2) is 0 Å². The van der Waals surface area contributed by atoms with E-state index in [1.54, 1.807) is 16.7 Å². The molecule has 126 valence electrons.